The molecule has 0 aliphatic carbocycles. The van der Waals surface area contributed by atoms with Crippen molar-refractivity contribution in [1.82, 2.24) is 5.32 Å². The van der Waals surface area contributed by atoms with Crippen molar-refractivity contribution in [1.29, 1.82) is 0 Å². The Bertz CT molecular complexity index is 256. The van der Waals surface area contributed by atoms with E-state index in [1.165, 1.54) is 0 Å². The smallest absolute Gasteiger partial charge is 0.308 e. The number of hydrogen-bond acceptors (Lipinski definition) is 3. The third-order valence-electron chi connectivity index (χ3n) is 3.07. The monoisotopic (exact) mass is 244 g/mol. The fourth-order valence-electron chi connectivity index (χ4n) is 1.52. The van der Waals surface area contributed by atoms with Gasteiger partial charge in [0.15, 0.2) is 0 Å². The van der Waals surface area contributed by atoms with E-state index < -0.39 is 17.9 Å². The molecule has 0 aromatic carbocycles. The first-order valence-electron chi connectivity index (χ1n) is 6.20. The van der Waals surface area contributed by atoms with E-state index in [4.69, 9.17) is 10.8 Å². The summed E-state index contributed by atoms with van der Waals surface area (Å²) in [4.78, 5) is 22.5. The lowest BCUT2D eigenvalue weighted by Crippen LogP contribution is -2.46. The molecule has 0 aliphatic rings. The highest BCUT2D eigenvalue weighted by molar-refractivity contribution is 5.82. The molecule has 0 bridgehead atoms. The number of rotatable bonds is 8. The summed E-state index contributed by atoms with van der Waals surface area (Å²) in [5.41, 5.74) is 5.75. The van der Waals surface area contributed by atoms with Crippen molar-refractivity contribution in [2.75, 3.05) is 6.54 Å². The lowest BCUT2D eigenvalue weighted by molar-refractivity contribution is -0.142. The number of hydrogen-bond donors (Lipinski definition) is 3. The first-order chi connectivity index (χ1) is 7.93. The molecule has 0 saturated heterocycles. The van der Waals surface area contributed by atoms with Crippen LogP contribution in [0.25, 0.3) is 0 Å². The SMILES string of the molecule is CCCC(CNC(=O)[C@@H](N)C(C)CC)C(=O)O. The molecule has 0 heterocycles. The Labute approximate surface area is 103 Å². The molecular formula is C12H24N2O3. The molecule has 0 aliphatic heterocycles. The largest absolute Gasteiger partial charge is 0.481 e. The minimum atomic E-state index is -0.871. The summed E-state index contributed by atoms with van der Waals surface area (Å²) >= 11 is 0. The fraction of sp³-hybridized carbons (Fsp3) is 0.833. The van der Waals surface area contributed by atoms with Gasteiger partial charge in [0.1, 0.15) is 0 Å². The van der Waals surface area contributed by atoms with E-state index in [0.29, 0.717) is 6.42 Å². The van der Waals surface area contributed by atoms with E-state index in [2.05, 4.69) is 5.32 Å². The molecule has 5 heteroatoms. The Morgan fingerprint density at radius 3 is 2.35 bits per heavy atom. The Morgan fingerprint density at radius 2 is 1.94 bits per heavy atom. The summed E-state index contributed by atoms with van der Waals surface area (Å²) in [7, 11) is 0. The average Bonchev–Trinajstić information content (AvgIpc) is 2.31. The maximum atomic E-state index is 11.6. The fourth-order valence-corrected chi connectivity index (χ4v) is 1.52. The van der Waals surface area contributed by atoms with Crippen LogP contribution in [0.5, 0.6) is 0 Å². The zero-order chi connectivity index (χ0) is 13.4. The van der Waals surface area contributed by atoms with Gasteiger partial charge in [-0.3, -0.25) is 9.59 Å². The van der Waals surface area contributed by atoms with Crippen molar-refractivity contribution in [2.45, 2.75) is 46.1 Å². The summed E-state index contributed by atoms with van der Waals surface area (Å²) in [5.74, 6) is -1.55. The molecule has 0 radical (unpaired) electrons. The minimum absolute atomic E-state index is 0.101. The van der Waals surface area contributed by atoms with Gasteiger partial charge >= 0.3 is 5.97 Å². The van der Waals surface area contributed by atoms with E-state index in [1.807, 2.05) is 20.8 Å². The number of carbonyl (C=O) groups is 2. The molecule has 0 rings (SSSR count). The predicted molar refractivity (Wildman–Crippen MR) is 66.5 cm³/mol. The van der Waals surface area contributed by atoms with E-state index >= 15 is 0 Å². The number of aliphatic carboxylic acids is 1. The van der Waals surface area contributed by atoms with Crippen LogP contribution >= 0.6 is 0 Å². The zero-order valence-corrected chi connectivity index (χ0v) is 10.9. The number of carbonyl (C=O) groups excluding carboxylic acids is 1. The van der Waals surface area contributed by atoms with Gasteiger partial charge in [-0.2, -0.15) is 0 Å². The van der Waals surface area contributed by atoms with Gasteiger partial charge in [0.25, 0.3) is 0 Å². The minimum Gasteiger partial charge on any atom is -0.481 e. The molecule has 0 aromatic heterocycles. The number of carboxylic acid groups (broad SMARTS) is 1. The quantitative estimate of drug-likeness (QED) is 0.593. The van der Waals surface area contributed by atoms with Crippen LogP contribution in [0.3, 0.4) is 0 Å². The molecule has 0 saturated carbocycles. The molecule has 3 atom stereocenters. The second-order valence-corrected chi connectivity index (χ2v) is 4.48. The van der Waals surface area contributed by atoms with E-state index in [1.54, 1.807) is 0 Å². The first-order valence-corrected chi connectivity index (χ1v) is 6.20. The van der Waals surface area contributed by atoms with Crippen molar-refractivity contribution < 1.29 is 14.7 Å². The summed E-state index contributed by atoms with van der Waals surface area (Å²) in [6.07, 6.45) is 2.17. The molecule has 0 aromatic rings. The van der Waals surface area contributed by atoms with Crippen molar-refractivity contribution in [3.63, 3.8) is 0 Å². The Balaban J connectivity index is 4.16. The van der Waals surface area contributed by atoms with Gasteiger partial charge in [0, 0.05) is 6.54 Å². The van der Waals surface area contributed by atoms with Crippen LogP contribution in [0.15, 0.2) is 0 Å². The van der Waals surface area contributed by atoms with Crippen molar-refractivity contribution in [3.05, 3.63) is 0 Å². The number of amides is 1. The number of nitrogens with two attached hydrogens (primary N) is 1. The predicted octanol–water partition coefficient (Wildman–Crippen LogP) is 0.977. The lowest BCUT2D eigenvalue weighted by Gasteiger charge is -2.19. The average molecular weight is 244 g/mol. The number of nitrogens with one attached hydrogen (secondary N) is 1. The molecule has 1 amide bonds. The highest BCUT2D eigenvalue weighted by Gasteiger charge is 2.22. The van der Waals surface area contributed by atoms with Gasteiger partial charge in [-0.1, -0.05) is 33.6 Å². The zero-order valence-electron chi connectivity index (χ0n) is 10.9. The highest BCUT2D eigenvalue weighted by atomic mass is 16.4. The van der Waals surface area contributed by atoms with Crippen LogP contribution in [0.2, 0.25) is 0 Å². The first kappa shape index (κ1) is 15.9. The van der Waals surface area contributed by atoms with Crippen LogP contribution < -0.4 is 11.1 Å². The summed E-state index contributed by atoms with van der Waals surface area (Å²) in [6, 6.07) is -0.559. The standard InChI is InChI=1S/C12H24N2O3/c1-4-6-9(12(16)17)7-14-11(15)10(13)8(3)5-2/h8-10H,4-7,13H2,1-3H3,(H,14,15)(H,16,17)/t8?,9?,10-/m0/s1. The van der Waals surface area contributed by atoms with E-state index in [0.717, 1.165) is 12.8 Å². The van der Waals surface area contributed by atoms with Crippen LogP contribution in [-0.4, -0.2) is 29.6 Å². The normalized spacial score (nSPS) is 16.0. The molecule has 5 nitrogen and oxygen atoms in total. The molecule has 0 fully saturated rings. The van der Waals surface area contributed by atoms with Crippen LogP contribution in [0.1, 0.15) is 40.0 Å². The van der Waals surface area contributed by atoms with Gasteiger partial charge in [0.2, 0.25) is 5.91 Å². The Hall–Kier alpha value is -1.10. The van der Waals surface area contributed by atoms with Crippen molar-refractivity contribution in [3.8, 4) is 0 Å². The number of carboxylic acids is 1. The molecule has 17 heavy (non-hydrogen) atoms. The Kier molecular flexibility index (Phi) is 7.54. The van der Waals surface area contributed by atoms with Gasteiger partial charge < -0.3 is 16.2 Å². The third kappa shape index (κ3) is 5.68. The van der Waals surface area contributed by atoms with Gasteiger partial charge in [-0.05, 0) is 12.3 Å². The van der Waals surface area contributed by atoms with Crippen molar-refractivity contribution in [2.24, 2.45) is 17.6 Å². The molecule has 0 spiro atoms. The van der Waals surface area contributed by atoms with Crippen LogP contribution in [0, 0.1) is 11.8 Å². The second-order valence-electron chi connectivity index (χ2n) is 4.48. The molecular weight excluding hydrogens is 220 g/mol. The molecule has 4 N–H and O–H groups in total. The lowest BCUT2D eigenvalue weighted by atomic mass is 9.98. The van der Waals surface area contributed by atoms with Gasteiger partial charge in [0.05, 0.1) is 12.0 Å². The van der Waals surface area contributed by atoms with Crippen LogP contribution in [0.4, 0.5) is 0 Å². The highest BCUT2D eigenvalue weighted by Crippen LogP contribution is 2.07. The molecule has 100 valence electrons. The Morgan fingerprint density at radius 1 is 1.35 bits per heavy atom. The maximum absolute atomic E-state index is 11.6. The van der Waals surface area contributed by atoms with E-state index in [9.17, 15) is 9.59 Å². The van der Waals surface area contributed by atoms with Crippen molar-refractivity contribution >= 4 is 11.9 Å². The van der Waals surface area contributed by atoms with Crippen LogP contribution in [-0.2, 0) is 9.59 Å². The summed E-state index contributed by atoms with van der Waals surface area (Å²) in [5, 5.41) is 11.5. The summed E-state index contributed by atoms with van der Waals surface area (Å²) in [6.45, 7) is 5.95. The van der Waals surface area contributed by atoms with Gasteiger partial charge in [-0.15, -0.1) is 0 Å². The van der Waals surface area contributed by atoms with Gasteiger partial charge in [-0.25, -0.2) is 0 Å². The third-order valence-corrected chi connectivity index (χ3v) is 3.07. The maximum Gasteiger partial charge on any atom is 0.308 e. The molecule has 2 unspecified atom stereocenters. The summed E-state index contributed by atoms with van der Waals surface area (Å²) < 4.78 is 0. The topological polar surface area (TPSA) is 92.4 Å². The van der Waals surface area contributed by atoms with E-state index in [-0.39, 0.29) is 18.4 Å². The second kappa shape index (κ2) is 8.06.